The number of hydrazine groups is 1. The molecule has 0 aliphatic rings. The Bertz CT molecular complexity index is 407. The number of nitrogen functional groups attached to an aromatic ring is 1. The zero-order valence-electron chi connectivity index (χ0n) is 11.7. The third kappa shape index (κ3) is 5.28. The third-order valence-corrected chi connectivity index (χ3v) is 2.90. The fourth-order valence-corrected chi connectivity index (χ4v) is 1.40. The molecule has 0 heterocycles. The quantitative estimate of drug-likeness (QED) is 0.341. The van der Waals surface area contributed by atoms with Crippen LogP contribution in [0.25, 0.3) is 0 Å². The Labute approximate surface area is 114 Å². The van der Waals surface area contributed by atoms with Crippen molar-refractivity contribution in [1.29, 1.82) is 0 Å². The number of hydrogen-bond donors (Lipinski definition) is 2. The summed E-state index contributed by atoms with van der Waals surface area (Å²) in [6, 6.07) is 6.86. The zero-order chi connectivity index (χ0) is 14.3. The van der Waals surface area contributed by atoms with E-state index in [2.05, 4.69) is 19.3 Å². The van der Waals surface area contributed by atoms with Crippen LogP contribution in [0.1, 0.15) is 31.1 Å². The van der Waals surface area contributed by atoms with Gasteiger partial charge in [-0.3, -0.25) is 10.2 Å². The lowest BCUT2D eigenvalue weighted by Crippen LogP contribution is -2.29. The molecule has 0 aromatic heterocycles. The molecule has 19 heavy (non-hydrogen) atoms. The monoisotopic (exact) mass is 266 g/mol. The number of carbonyl (C=O) groups excluding carboxylic acids is 1. The lowest BCUT2D eigenvalue weighted by Gasteiger charge is -2.16. The molecule has 1 atom stereocenters. The van der Waals surface area contributed by atoms with E-state index in [-0.39, 0.29) is 12.0 Å². The summed E-state index contributed by atoms with van der Waals surface area (Å²) in [7, 11) is 0. The summed E-state index contributed by atoms with van der Waals surface area (Å²) in [5.74, 6) is 5.85. The summed E-state index contributed by atoms with van der Waals surface area (Å²) < 4.78 is 11.1. The molecule has 0 saturated heterocycles. The number of hydrogen-bond acceptors (Lipinski definition) is 4. The van der Waals surface area contributed by atoms with E-state index in [0.29, 0.717) is 30.4 Å². The van der Waals surface area contributed by atoms with E-state index in [1.807, 2.05) is 6.92 Å². The highest BCUT2D eigenvalue weighted by Crippen LogP contribution is 2.13. The highest BCUT2D eigenvalue weighted by atomic mass is 16.5. The Morgan fingerprint density at radius 2 is 2.05 bits per heavy atom. The van der Waals surface area contributed by atoms with Crippen molar-refractivity contribution in [1.82, 2.24) is 5.43 Å². The van der Waals surface area contributed by atoms with Crippen molar-refractivity contribution in [3.8, 4) is 5.75 Å². The average molecular weight is 266 g/mol. The molecule has 106 valence electrons. The van der Waals surface area contributed by atoms with Crippen molar-refractivity contribution in [2.75, 3.05) is 13.2 Å². The van der Waals surface area contributed by atoms with Crippen molar-refractivity contribution in [2.45, 2.75) is 26.9 Å². The van der Waals surface area contributed by atoms with Crippen molar-refractivity contribution in [3.63, 3.8) is 0 Å². The van der Waals surface area contributed by atoms with Gasteiger partial charge in [-0.1, -0.05) is 19.9 Å². The number of benzene rings is 1. The molecule has 1 aromatic rings. The molecule has 0 aliphatic heterocycles. The number of nitrogens with one attached hydrogen (secondary N) is 1. The van der Waals surface area contributed by atoms with E-state index < -0.39 is 0 Å². The molecule has 5 heteroatoms. The normalized spacial score (nSPS) is 12.3. The first-order valence-corrected chi connectivity index (χ1v) is 6.40. The SMILES string of the molecule is CC(C)C(C)OCCOc1cccc(C(=O)NN)c1. The molecular formula is C14H22N2O3. The van der Waals surface area contributed by atoms with Gasteiger partial charge >= 0.3 is 0 Å². The summed E-state index contributed by atoms with van der Waals surface area (Å²) in [6.07, 6.45) is 0.206. The van der Waals surface area contributed by atoms with Crippen molar-refractivity contribution >= 4 is 5.91 Å². The molecule has 0 saturated carbocycles. The molecule has 0 aliphatic carbocycles. The van der Waals surface area contributed by atoms with Crippen LogP contribution in [0.15, 0.2) is 24.3 Å². The average Bonchev–Trinajstić information content (AvgIpc) is 2.42. The van der Waals surface area contributed by atoms with Gasteiger partial charge in [-0.25, -0.2) is 5.84 Å². The van der Waals surface area contributed by atoms with Crippen molar-refractivity contribution in [3.05, 3.63) is 29.8 Å². The third-order valence-electron chi connectivity index (χ3n) is 2.90. The summed E-state index contributed by atoms with van der Waals surface area (Å²) in [5, 5.41) is 0. The molecule has 0 bridgehead atoms. The van der Waals surface area contributed by atoms with Gasteiger partial charge in [-0.15, -0.1) is 0 Å². The number of ether oxygens (including phenoxy) is 2. The van der Waals surface area contributed by atoms with Crippen LogP contribution in [0.2, 0.25) is 0 Å². The molecule has 1 unspecified atom stereocenters. The standard InChI is InChI=1S/C14H22N2O3/c1-10(2)11(3)18-7-8-19-13-6-4-5-12(9-13)14(17)16-15/h4-6,9-11H,7-8,15H2,1-3H3,(H,16,17). The van der Waals surface area contributed by atoms with Gasteiger partial charge in [0.25, 0.3) is 5.91 Å². The van der Waals surface area contributed by atoms with E-state index in [4.69, 9.17) is 15.3 Å². The largest absolute Gasteiger partial charge is 0.491 e. The molecule has 1 rings (SSSR count). The second kappa shape index (κ2) is 7.76. The second-order valence-electron chi connectivity index (χ2n) is 4.67. The Kier molecular flexibility index (Phi) is 6.32. The Balaban J connectivity index is 2.39. The van der Waals surface area contributed by atoms with Crippen LogP contribution in [-0.4, -0.2) is 25.2 Å². The van der Waals surface area contributed by atoms with Crippen LogP contribution >= 0.6 is 0 Å². The van der Waals surface area contributed by atoms with Gasteiger partial charge < -0.3 is 9.47 Å². The van der Waals surface area contributed by atoms with Crippen LogP contribution in [0.4, 0.5) is 0 Å². The predicted molar refractivity (Wildman–Crippen MR) is 73.8 cm³/mol. The Morgan fingerprint density at radius 1 is 1.32 bits per heavy atom. The van der Waals surface area contributed by atoms with E-state index in [1.165, 1.54) is 0 Å². The van der Waals surface area contributed by atoms with Gasteiger partial charge in [0.15, 0.2) is 0 Å². The number of amides is 1. The smallest absolute Gasteiger partial charge is 0.265 e. The van der Waals surface area contributed by atoms with Crippen LogP contribution in [0.3, 0.4) is 0 Å². The minimum Gasteiger partial charge on any atom is -0.491 e. The van der Waals surface area contributed by atoms with Crippen LogP contribution in [0.5, 0.6) is 5.75 Å². The number of carbonyl (C=O) groups is 1. The van der Waals surface area contributed by atoms with E-state index in [9.17, 15) is 4.79 Å². The molecular weight excluding hydrogens is 244 g/mol. The van der Waals surface area contributed by atoms with Gasteiger partial charge in [-0.05, 0) is 31.0 Å². The lowest BCUT2D eigenvalue weighted by molar-refractivity contribution is 0.0188. The Hall–Kier alpha value is -1.59. The highest BCUT2D eigenvalue weighted by Gasteiger charge is 2.07. The fraction of sp³-hybridized carbons (Fsp3) is 0.500. The van der Waals surface area contributed by atoms with E-state index in [1.54, 1.807) is 24.3 Å². The molecule has 0 radical (unpaired) electrons. The molecule has 3 N–H and O–H groups in total. The van der Waals surface area contributed by atoms with Gasteiger partial charge in [0.1, 0.15) is 12.4 Å². The maximum absolute atomic E-state index is 11.3. The molecule has 5 nitrogen and oxygen atoms in total. The maximum atomic E-state index is 11.3. The number of rotatable bonds is 7. The van der Waals surface area contributed by atoms with Gasteiger partial charge in [0.05, 0.1) is 12.7 Å². The lowest BCUT2D eigenvalue weighted by atomic mass is 10.1. The van der Waals surface area contributed by atoms with Crippen LogP contribution < -0.4 is 16.0 Å². The summed E-state index contributed by atoms with van der Waals surface area (Å²) >= 11 is 0. The zero-order valence-corrected chi connectivity index (χ0v) is 11.7. The minimum absolute atomic E-state index is 0.206. The first-order valence-electron chi connectivity index (χ1n) is 6.40. The van der Waals surface area contributed by atoms with Crippen molar-refractivity contribution in [2.24, 2.45) is 11.8 Å². The van der Waals surface area contributed by atoms with E-state index >= 15 is 0 Å². The molecule has 1 aromatic carbocycles. The summed E-state index contributed by atoms with van der Waals surface area (Å²) in [5.41, 5.74) is 2.55. The number of nitrogens with two attached hydrogens (primary N) is 1. The maximum Gasteiger partial charge on any atom is 0.265 e. The molecule has 0 fully saturated rings. The molecule has 0 spiro atoms. The first kappa shape index (κ1) is 15.5. The predicted octanol–water partition coefficient (Wildman–Crippen LogP) is 1.73. The second-order valence-corrected chi connectivity index (χ2v) is 4.67. The topological polar surface area (TPSA) is 73.6 Å². The van der Waals surface area contributed by atoms with Crippen LogP contribution in [0, 0.1) is 5.92 Å². The highest BCUT2D eigenvalue weighted by molar-refractivity contribution is 5.94. The van der Waals surface area contributed by atoms with Crippen LogP contribution in [-0.2, 0) is 4.74 Å². The molecule has 1 amide bonds. The van der Waals surface area contributed by atoms with Gasteiger partial charge in [0, 0.05) is 5.56 Å². The minimum atomic E-state index is -0.338. The summed E-state index contributed by atoms with van der Waals surface area (Å²) in [6.45, 7) is 7.23. The van der Waals surface area contributed by atoms with Gasteiger partial charge in [-0.2, -0.15) is 0 Å². The fourth-order valence-electron chi connectivity index (χ4n) is 1.40. The van der Waals surface area contributed by atoms with E-state index in [0.717, 1.165) is 0 Å². The van der Waals surface area contributed by atoms with Crippen molar-refractivity contribution < 1.29 is 14.3 Å². The Morgan fingerprint density at radius 3 is 2.68 bits per heavy atom. The van der Waals surface area contributed by atoms with Gasteiger partial charge in [0.2, 0.25) is 0 Å². The first-order chi connectivity index (χ1) is 9.04. The summed E-state index contributed by atoms with van der Waals surface area (Å²) in [4.78, 5) is 11.3.